The fourth-order valence-corrected chi connectivity index (χ4v) is 3.19. The summed E-state index contributed by atoms with van der Waals surface area (Å²) in [6.07, 6.45) is 1.58. The quantitative estimate of drug-likeness (QED) is 0.413. The highest BCUT2D eigenvalue weighted by Gasteiger charge is 2.14. The monoisotopic (exact) mass is 430 g/mol. The first-order valence-corrected chi connectivity index (χ1v) is 10.0. The largest absolute Gasteiger partial charge is 0.497 e. The molecule has 9 nitrogen and oxygen atoms in total. The number of aromatic nitrogens is 4. The van der Waals surface area contributed by atoms with Crippen LogP contribution in [-0.2, 0) is 6.54 Å². The third-order valence-electron chi connectivity index (χ3n) is 4.84. The van der Waals surface area contributed by atoms with E-state index >= 15 is 0 Å². The van der Waals surface area contributed by atoms with Crippen molar-refractivity contribution in [3.63, 3.8) is 0 Å². The van der Waals surface area contributed by atoms with Crippen molar-refractivity contribution < 1.29 is 14.3 Å². The molecule has 0 aliphatic heterocycles. The molecule has 0 radical (unpaired) electrons. The van der Waals surface area contributed by atoms with Crippen LogP contribution in [0.2, 0.25) is 0 Å². The van der Waals surface area contributed by atoms with Crippen molar-refractivity contribution in [1.82, 2.24) is 20.0 Å². The van der Waals surface area contributed by atoms with Crippen molar-refractivity contribution in [2.24, 2.45) is 0 Å². The number of hydrogen-bond donors (Lipinski definition) is 3. The Hall–Kier alpha value is -4.40. The Labute approximate surface area is 184 Å². The van der Waals surface area contributed by atoms with E-state index in [-0.39, 0.29) is 11.8 Å². The molecule has 2 heterocycles. The van der Waals surface area contributed by atoms with Crippen LogP contribution in [0.25, 0.3) is 11.3 Å². The van der Waals surface area contributed by atoms with Crippen LogP contribution in [0.4, 0.5) is 11.4 Å². The SMILES string of the molecule is CCn1nccc1C(=O)Nc1cccc(NC(=O)c2cc(-c3ccc(OC)cc3)n[nH]2)c1. The number of nitrogens with one attached hydrogen (secondary N) is 3. The zero-order valence-electron chi connectivity index (χ0n) is 17.6. The molecule has 0 saturated heterocycles. The molecule has 0 fully saturated rings. The Morgan fingerprint density at radius 1 is 1.00 bits per heavy atom. The normalized spacial score (nSPS) is 10.6. The van der Waals surface area contributed by atoms with Gasteiger partial charge in [0.15, 0.2) is 0 Å². The summed E-state index contributed by atoms with van der Waals surface area (Å²) in [4.78, 5) is 25.2. The van der Waals surface area contributed by atoms with Crippen molar-refractivity contribution >= 4 is 23.2 Å². The number of rotatable bonds is 7. The second kappa shape index (κ2) is 9.17. The minimum absolute atomic E-state index is 0.273. The molecular formula is C23H22N6O3. The van der Waals surface area contributed by atoms with Crippen LogP contribution in [0.5, 0.6) is 5.75 Å². The molecule has 0 aliphatic carbocycles. The number of nitrogens with zero attached hydrogens (tertiary/aromatic N) is 3. The fraction of sp³-hybridized carbons (Fsp3) is 0.130. The molecule has 0 aliphatic rings. The summed E-state index contributed by atoms with van der Waals surface area (Å²) in [5.74, 6) is 0.128. The van der Waals surface area contributed by atoms with Crippen molar-refractivity contribution in [3.05, 3.63) is 78.2 Å². The number of benzene rings is 2. The predicted octanol–water partition coefficient (Wildman–Crippen LogP) is 3.81. The number of methoxy groups -OCH3 is 1. The summed E-state index contributed by atoms with van der Waals surface area (Å²) in [5, 5.41) is 16.7. The van der Waals surface area contributed by atoms with Crippen LogP contribution in [0.15, 0.2) is 66.9 Å². The Bertz CT molecular complexity index is 1240. The lowest BCUT2D eigenvalue weighted by Crippen LogP contribution is -2.17. The molecule has 2 amide bonds. The lowest BCUT2D eigenvalue weighted by Gasteiger charge is -2.09. The van der Waals surface area contributed by atoms with Gasteiger partial charge in [-0.1, -0.05) is 6.07 Å². The number of carbonyl (C=O) groups excluding carboxylic acids is 2. The second-order valence-corrected chi connectivity index (χ2v) is 6.92. The standard InChI is InChI=1S/C23H22N6O3/c1-3-29-21(11-12-24-29)23(31)26-17-6-4-5-16(13-17)25-22(30)20-14-19(27-28-20)15-7-9-18(32-2)10-8-15/h4-14H,3H2,1-2H3,(H,25,30)(H,26,31)(H,27,28). The Morgan fingerprint density at radius 3 is 2.41 bits per heavy atom. The Balaban J connectivity index is 1.44. The van der Waals surface area contributed by atoms with Gasteiger partial charge in [-0.15, -0.1) is 0 Å². The number of amides is 2. The lowest BCUT2D eigenvalue weighted by atomic mass is 10.1. The summed E-state index contributed by atoms with van der Waals surface area (Å²) in [6, 6.07) is 17.6. The molecule has 4 rings (SSSR count). The zero-order chi connectivity index (χ0) is 22.5. The van der Waals surface area contributed by atoms with Gasteiger partial charge in [0.25, 0.3) is 11.8 Å². The lowest BCUT2D eigenvalue weighted by molar-refractivity contribution is 0.101. The van der Waals surface area contributed by atoms with Crippen LogP contribution in [0.1, 0.15) is 27.9 Å². The van der Waals surface area contributed by atoms with Crippen molar-refractivity contribution in [3.8, 4) is 17.0 Å². The molecule has 3 N–H and O–H groups in total. The first-order chi connectivity index (χ1) is 15.6. The van der Waals surface area contributed by atoms with Gasteiger partial charge in [-0.05, 0) is 61.5 Å². The van der Waals surface area contributed by atoms with Gasteiger partial charge in [-0.3, -0.25) is 19.4 Å². The van der Waals surface area contributed by atoms with E-state index in [0.717, 1.165) is 11.3 Å². The molecule has 4 aromatic rings. The number of aromatic amines is 1. The highest BCUT2D eigenvalue weighted by atomic mass is 16.5. The Morgan fingerprint density at radius 2 is 1.72 bits per heavy atom. The number of H-pyrrole nitrogens is 1. The fourth-order valence-electron chi connectivity index (χ4n) is 3.19. The first kappa shape index (κ1) is 20.9. The molecule has 0 unspecified atom stereocenters. The maximum atomic E-state index is 12.7. The predicted molar refractivity (Wildman–Crippen MR) is 121 cm³/mol. The van der Waals surface area contributed by atoms with Gasteiger partial charge < -0.3 is 15.4 Å². The van der Waals surface area contributed by atoms with Gasteiger partial charge in [0.05, 0.1) is 12.8 Å². The summed E-state index contributed by atoms with van der Waals surface area (Å²) in [5.41, 5.74) is 3.38. The molecule has 0 bridgehead atoms. The maximum absolute atomic E-state index is 12.7. The van der Waals surface area contributed by atoms with Gasteiger partial charge >= 0.3 is 0 Å². The second-order valence-electron chi connectivity index (χ2n) is 6.92. The van der Waals surface area contributed by atoms with Crippen LogP contribution in [0.3, 0.4) is 0 Å². The number of ether oxygens (including phenoxy) is 1. The highest BCUT2D eigenvalue weighted by molar-refractivity contribution is 6.05. The molecular weight excluding hydrogens is 408 g/mol. The van der Waals surface area contributed by atoms with Gasteiger partial charge in [0.1, 0.15) is 17.1 Å². The van der Waals surface area contributed by atoms with E-state index in [1.54, 1.807) is 54.4 Å². The number of aryl methyl sites for hydroxylation is 1. The van der Waals surface area contributed by atoms with Crippen molar-refractivity contribution in [2.45, 2.75) is 13.5 Å². The molecule has 0 spiro atoms. The van der Waals surface area contributed by atoms with Gasteiger partial charge in [-0.25, -0.2) is 0 Å². The van der Waals surface area contributed by atoms with E-state index < -0.39 is 0 Å². The number of carbonyl (C=O) groups is 2. The molecule has 162 valence electrons. The number of anilines is 2. The van der Waals surface area contributed by atoms with E-state index in [0.29, 0.717) is 35.0 Å². The summed E-state index contributed by atoms with van der Waals surface area (Å²) >= 11 is 0. The summed E-state index contributed by atoms with van der Waals surface area (Å²) < 4.78 is 6.77. The van der Waals surface area contributed by atoms with Crippen LogP contribution in [-0.4, -0.2) is 38.9 Å². The van der Waals surface area contributed by atoms with Gasteiger partial charge in [-0.2, -0.15) is 10.2 Å². The molecule has 32 heavy (non-hydrogen) atoms. The molecule has 2 aromatic carbocycles. The van der Waals surface area contributed by atoms with Crippen LogP contribution in [0, 0.1) is 0 Å². The van der Waals surface area contributed by atoms with Crippen molar-refractivity contribution in [1.29, 1.82) is 0 Å². The average Bonchev–Trinajstić information content (AvgIpc) is 3.49. The van der Waals surface area contributed by atoms with Gasteiger partial charge in [0, 0.05) is 29.7 Å². The maximum Gasteiger partial charge on any atom is 0.273 e. The molecule has 9 heteroatoms. The summed E-state index contributed by atoms with van der Waals surface area (Å²) in [7, 11) is 1.60. The van der Waals surface area contributed by atoms with E-state index in [1.807, 2.05) is 31.2 Å². The minimum Gasteiger partial charge on any atom is -0.497 e. The molecule has 2 aromatic heterocycles. The molecule has 0 atom stereocenters. The molecule has 0 saturated carbocycles. The van der Waals surface area contributed by atoms with E-state index in [2.05, 4.69) is 25.9 Å². The third kappa shape index (κ3) is 4.51. The van der Waals surface area contributed by atoms with Crippen molar-refractivity contribution in [2.75, 3.05) is 17.7 Å². The first-order valence-electron chi connectivity index (χ1n) is 10.0. The number of hydrogen-bond acceptors (Lipinski definition) is 5. The van der Waals surface area contributed by atoms with Gasteiger partial charge in [0.2, 0.25) is 0 Å². The highest BCUT2D eigenvalue weighted by Crippen LogP contribution is 2.22. The smallest absolute Gasteiger partial charge is 0.273 e. The van der Waals surface area contributed by atoms with Crippen LogP contribution >= 0.6 is 0 Å². The zero-order valence-corrected chi connectivity index (χ0v) is 17.6. The van der Waals surface area contributed by atoms with E-state index in [1.165, 1.54) is 0 Å². The van der Waals surface area contributed by atoms with E-state index in [9.17, 15) is 9.59 Å². The Kier molecular flexibility index (Phi) is 5.98. The third-order valence-corrected chi connectivity index (χ3v) is 4.84. The summed E-state index contributed by atoms with van der Waals surface area (Å²) in [6.45, 7) is 2.50. The average molecular weight is 430 g/mol. The van der Waals surface area contributed by atoms with E-state index in [4.69, 9.17) is 4.74 Å². The topological polar surface area (TPSA) is 114 Å². The minimum atomic E-state index is -0.343. The van der Waals surface area contributed by atoms with Crippen LogP contribution < -0.4 is 15.4 Å².